The molecule has 0 aliphatic heterocycles. The Labute approximate surface area is 127 Å². The van der Waals surface area contributed by atoms with E-state index in [0.29, 0.717) is 5.92 Å². The van der Waals surface area contributed by atoms with Gasteiger partial charge in [-0.3, -0.25) is 4.68 Å². The van der Waals surface area contributed by atoms with Crippen LogP contribution in [0.3, 0.4) is 0 Å². The van der Waals surface area contributed by atoms with E-state index in [1.807, 2.05) is 4.68 Å². The first kappa shape index (κ1) is 14.8. The maximum Gasteiger partial charge on any atom is 0.0763 e. The molecule has 0 aromatic carbocycles. The van der Waals surface area contributed by atoms with Gasteiger partial charge in [0.2, 0.25) is 0 Å². The zero-order valence-corrected chi connectivity index (χ0v) is 14.0. The van der Waals surface area contributed by atoms with Crippen molar-refractivity contribution in [3.8, 4) is 0 Å². The smallest absolute Gasteiger partial charge is 0.0763 e. The Morgan fingerprint density at radius 2 is 2.26 bits per heavy atom. The lowest BCUT2D eigenvalue weighted by atomic mass is 10.2. The topological polar surface area (TPSA) is 29.9 Å². The summed E-state index contributed by atoms with van der Waals surface area (Å²) in [6, 6.07) is 2.08. The molecule has 0 radical (unpaired) electrons. The van der Waals surface area contributed by atoms with Gasteiger partial charge >= 0.3 is 0 Å². The van der Waals surface area contributed by atoms with Crippen molar-refractivity contribution in [1.29, 1.82) is 0 Å². The SMILES string of the molecule is Cc1nn(Cc2sccc2Br)cc1CNCC(C)C. The van der Waals surface area contributed by atoms with Crippen LogP contribution in [0.2, 0.25) is 0 Å². The van der Waals surface area contributed by atoms with Crippen molar-refractivity contribution in [2.75, 3.05) is 6.54 Å². The van der Waals surface area contributed by atoms with Crippen LogP contribution in [0, 0.1) is 12.8 Å². The Balaban J connectivity index is 1.98. The lowest BCUT2D eigenvalue weighted by Gasteiger charge is -2.05. The van der Waals surface area contributed by atoms with Crippen LogP contribution in [-0.2, 0) is 13.1 Å². The molecular formula is C14H20BrN3S. The van der Waals surface area contributed by atoms with E-state index in [4.69, 9.17) is 0 Å². The first-order chi connectivity index (χ1) is 9.06. The second-order valence-corrected chi connectivity index (χ2v) is 7.01. The molecule has 0 atom stereocenters. The number of halogens is 1. The zero-order valence-electron chi connectivity index (χ0n) is 11.6. The second kappa shape index (κ2) is 6.68. The minimum Gasteiger partial charge on any atom is -0.312 e. The number of thiophene rings is 1. The molecule has 0 fully saturated rings. The lowest BCUT2D eigenvalue weighted by molar-refractivity contribution is 0.551. The second-order valence-electron chi connectivity index (χ2n) is 5.15. The monoisotopic (exact) mass is 341 g/mol. The molecule has 0 bridgehead atoms. The van der Waals surface area contributed by atoms with Crippen molar-refractivity contribution in [2.45, 2.75) is 33.9 Å². The van der Waals surface area contributed by atoms with Crippen molar-refractivity contribution >= 4 is 27.3 Å². The minimum absolute atomic E-state index is 0.678. The molecule has 0 aliphatic rings. The van der Waals surface area contributed by atoms with Crippen LogP contribution < -0.4 is 5.32 Å². The first-order valence-electron chi connectivity index (χ1n) is 6.51. The molecule has 104 valence electrons. The summed E-state index contributed by atoms with van der Waals surface area (Å²) in [5, 5.41) is 10.2. The van der Waals surface area contributed by atoms with E-state index in [-0.39, 0.29) is 0 Å². The maximum absolute atomic E-state index is 4.59. The number of aryl methyl sites for hydroxylation is 1. The summed E-state index contributed by atoms with van der Waals surface area (Å²) in [5.41, 5.74) is 2.40. The molecule has 5 heteroatoms. The van der Waals surface area contributed by atoms with Crippen LogP contribution in [0.25, 0.3) is 0 Å². The van der Waals surface area contributed by atoms with Gasteiger partial charge in [0, 0.05) is 27.7 Å². The third-order valence-corrected chi connectivity index (χ3v) is 4.82. The molecule has 2 heterocycles. The normalized spacial score (nSPS) is 11.4. The Bertz CT molecular complexity index is 531. The molecule has 3 nitrogen and oxygen atoms in total. The number of rotatable bonds is 6. The Morgan fingerprint density at radius 3 is 2.89 bits per heavy atom. The summed E-state index contributed by atoms with van der Waals surface area (Å²) in [6.45, 7) is 9.29. The molecule has 2 aromatic heterocycles. The number of nitrogens with one attached hydrogen (secondary N) is 1. The molecule has 19 heavy (non-hydrogen) atoms. The molecule has 2 rings (SSSR count). The minimum atomic E-state index is 0.678. The molecule has 0 saturated heterocycles. The van der Waals surface area contributed by atoms with E-state index in [2.05, 4.69) is 64.8 Å². The lowest BCUT2D eigenvalue weighted by Crippen LogP contribution is -2.19. The van der Waals surface area contributed by atoms with E-state index in [9.17, 15) is 0 Å². The van der Waals surface area contributed by atoms with Crippen molar-refractivity contribution in [1.82, 2.24) is 15.1 Å². The van der Waals surface area contributed by atoms with Gasteiger partial charge in [-0.05, 0) is 46.8 Å². The Hall–Kier alpha value is -0.650. The van der Waals surface area contributed by atoms with E-state index >= 15 is 0 Å². The highest BCUT2D eigenvalue weighted by Gasteiger charge is 2.07. The molecule has 0 unspecified atom stereocenters. The average Bonchev–Trinajstić information content (AvgIpc) is 2.87. The van der Waals surface area contributed by atoms with Gasteiger partial charge < -0.3 is 5.32 Å². The fourth-order valence-corrected chi connectivity index (χ4v) is 3.36. The van der Waals surface area contributed by atoms with E-state index in [0.717, 1.165) is 25.3 Å². The van der Waals surface area contributed by atoms with Crippen molar-refractivity contribution < 1.29 is 0 Å². The summed E-state index contributed by atoms with van der Waals surface area (Å²) in [5.74, 6) is 0.678. The third-order valence-electron chi connectivity index (χ3n) is 2.91. The fourth-order valence-electron chi connectivity index (χ4n) is 1.89. The number of aromatic nitrogens is 2. The highest BCUT2D eigenvalue weighted by atomic mass is 79.9. The van der Waals surface area contributed by atoms with Gasteiger partial charge in [0.25, 0.3) is 0 Å². The highest BCUT2D eigenvalue weighted by Crippen LogP contribution is 2.23. The van der Waals surface area contributed by atoms with Crippen molar-refractivity contribution in [3.63, 3.8) is 0 Å². The molecule has 0 amide bonds. The van der Waals surface area contributed by atoms with Gasteiger partial charge in [0.15, 0.2) is 0 Å². The molecule has 0 saturated carbocycles. The van der Waals surface area contributed by atoms with Gasteiger partial charge in [-0.1, -0.05) is 13.8 Å². The fraction of sp³-hybridized carbons (Fsp3) is 0.500. The molecule has 0 spiro atoms. The first-order valence-corrected chi connectivity index (χ1v) is 8.19. The highest BCUT2D eigenvalue weighted by molar-refractivity contribution is 9.10. The third kappa shape index (κ3) is 4.16. The predicted octanol–water partition coefficient (Wildman–Crippen LogP) is 3.81. The van der Waals surface area contributed by atoms with E-state index < -0.39 is 0 Å². The Kier molecular flexibility index (Phi) is 5.19. The zero-order chi connectivity index (χ0) is 13.8. The number of hydrogen-bond donors (Lipinski definition) is 1. The molecule has 0 aliphatic carbocycles. The summed E-state index contributed by atoms with van der Waals surface area (Å²) in [4.78, 5) is 1.31. The largest absolute Gasteiger partial charge is 0.312 e. The van der Waals surface area contributed by atoms with Gasteiger partial charge in [-0.2, -0.15) is 5.10 Å². The van der Waals surface area contributed by atoms with Crippen molar-refractivity contribution in [3.05, 3.63) is 38.3 Å². The summed E-state index contributed by atoms with van der Waals surface area (Å²) >= 11 is 5.32. The van der Waals surface area contributed by atoms with Gasteiger partial charge in [-0.15, -0.1) is 11.3 Å². The summed E-state index contributed by atoms with van der Waals surface area (Å²) in [7, 11) is 0. The van der Waals surface area contributed by atoms with E-state index in [1.165, 1.54) is 14.9 Å². The molecular weight excluding hydrogens is 322 g/mol. The maximum atomic E-state index is 4.59. The van der Waals surface area contributed by atoms with Crippen LogP contribution in [0.15, 0.2) is 22.1 Å². The predicted molar refractivity (Wildman–Crippen MR) is 84.6 cm³/mol. The molecule has 2 aromatic rings. The van der Waals surface area contributed by atoms with Crippen LogP contribution >= 0.6 is 27.3 Å². The Morgan fingerprint density at radius 1 is 1.47 bits per heavy atom. The van der Waals surface area contributed by atoms with Crippen LogP contribution in [-0.4, -0.2) is 16.3 Å². The van der Waals surface area contributed by atoms with E-state index in [1.54, 1.807) is 11.3 Å². The molecule has 1 N–H and O–H groups in total. The van der Waals surface area contributed by atoms with Crippen LogP contribution in [0.1, 0.15) is 30.0 Å². The van der Waals surface area contributed by atoms with Gasteiger partial charge in [0.05, 0.1) is 12.2 Å². The quantitative estimate of drug-likeness (QED) is 0.865. The summed E-state index contributed by atoms with van der Waals surface area (Å²) < 4.78 is 3.20. The van der Waals surface area contributed by atoms with Crippen molar-refractivity contribution in [2.24, 2.45) is 5.92 Å². The van der Waals surface area contributed by atoms with Crippen LogP contribution in [0.5, 0.6) is 0 Å². The van der Waals surface area contributed by atoms with Crippen LogP contribution in [0.4, 0.5) is 0 Å². The summed E-state index contributed by atoms with van der Waals surface area (Å²) in [6.07, 6.45) is 2.15. The number of nitrogens with zero attached hydrogens (tertiary/aromatic N) is 2. The standard InChI is InChI=1S/C14H20BrN3S/c1-10(2)6-16-7-12-8-18(17-11(12)3)9-14-13(15)4-5-19-14/h4-5,8,10,16H,6-7,9H2,1-3H3. The average molecular weight is 342 g/mol. The van der Waals surface area contributed by atoms with Gasteiger partial charge in [-0.25, -0.2) is 0 Å². The number of hydrogen-bond acceptors (Lipinski definition) is 3. The van der Waals surface area contributed by atoms with Gasteiger partial charge in [0.1, 0.15) is 0 Å².